The van der Waals surface area contributed by atoms with Crippen molar-refractivity contribution in [1.82, 2.24) is 14.6 Å². The van der Waals surface area contributed by atoms with E-state index in [9.17, 15) is 18.3 Å². The van der Waals surface area contributed by atoms with Gasteiger partial charge < -0.3 is 10.4 Å². The number of hydrogen-bond donors (Lipinski definition) is 2. The number of carbonyl (C=O) groups excluding carboxylic acids is 1. The van der Waals surface area contributed by atoms with E-state index in [-0.39, 0.29) is 34.4 Å². The van der Waals surface area contributed by atoms with Crippen LogP contribution in [0.5, 0.6) is 5.75 Å². The standard InChI is InChI=1S/C23H24N4O4S/c1-4-32(30,31)16-9-11-21(28)20(13-16)25-22(29)12-10-17-14(2)24-23-18-7-5-6-8-19(18)26-27(23)15(17)3/h5-9,11,13,28H,4,10,12H2,1-3H3,(H,25,29). The van der Waals surface area contributed by atoms with Crippen LogP contribution in [0.3, 0.4) is 0 Å². The number of phenolic OH excluding ortho intramolecular Hbond substituents is 1. The van der Waals surface area contributed by atoms with Gasteiger partial charge in [0.2, 0.25) is 5.91 Å². The molecule has 4 aromatic rings. The van der Waals surface area contributed by atoms with Crippen molar-refractivity contribution < 1.29 is 18.3 Å². The van der Waals surface area contributed by atoms with Gasteiger partial charge in [0.05, 0.1) is 21.9 Å². The molecule has 0 aliphatic carbocycles. The van der Waals surface area contributed by atoms with Crippen LogP contribution in [0.2, 0.25) is 0 Å². The number of nitrogens with one attached hydrogen (secondary N) is 1. The third-order valence-corrected chi connectivity index (χ3v) is 7.33. The number of nitrogens with zero attached hydrogens (tertiary/aromatic N) is 3. The maximum absolute atomic E-state index is 12.6. The molecule has 166 valence electrons. The summed E-state index contributed by atoms with van der Waals surface area (Å²) in [6, 6.07) is 11.7. The second kappa shape index (κ2) is 8.23. The van der Waals surface area contributed by atoms with Crippen molar-refractivity contribution in [2.45, 2.75) is 38.5 Å². The predicted octanol–water partition coefficient (Wildman–Crippen LogP) is 3.57. The molecule has 2 aromatic carbocycles. The van der Waals surface area contributed by atoms with Gasteiger partial charge >= 0.3 is 0 Å². The summed E-state index contributed by atoms with van der Waals surface area (Å²) in [4.78, 5) is 17.3. The Morgan fingerprint density at radius 3 is 2.66 bits per heavy atom. The van der Waals surface area contributed by atoms with Crippen LogP contribution in [0.4, 0.5) is 5.69 Å². The molecule has 0 saturated heterocycles. The normalized spacial score (nSPS) is 11.8. The lowest BCUT2D eigenvalue weighted by molar-refractivity contribution is -0.116. The second-order valence-electron chi connectivity index (χ2n) is 7.64. The van der Waals surface area contributed by atoms with Gasteiger partial charge in [0.25, 0.3) is 0 Å². The molecule has 8 nitrogen and oxygen atoms in total. The molecule has 0 aliphatic rings. The number of anilines is 1. The Hall–Kier alpha value is -3.46. The van der Waals surface area contributed by atoms with E-state index in [1.54, 1.807) is 11.4 Å². The minimum atomic E-state index is -3.45. The maximum Gasteiger partial charge on any atom is 0.224 e. The molecule has 1 amide bonds. The Morgan fingerprint density at radius 1 is 1.16 bits per heavy atom. The maximum atomic E-state index is 12.6. The molecule has 32 heavy (non-hydrogen) atoms. The summed E-state index contributed by atoms with van der Waals surface area (Å²) in [5.41, 5.74) is 4.37. The van der Waals surface area contributed by atoms with Crippen LogP contribution in [0.15, 0.2) is 47.4 Å². The SMILES string of the molecule is CCS(=O)(=O)c1ccc(O)c(NC(=O)CCc2c(C)nc3c4ccccc4nn3c2C)c1. The van der Waals surface area contributed by atoms with Crippen LogP contribution in [0.1, 0.15) is 30.3 Å². The fraction of sp³-hybridized carbons (Fsp3) is 0.261. The van der Waals surface area contributed by atoms with Crippen LogP contribution in [0.25, 0.3) is 16.6 Å². The molecule has 0 fully saturated rings. The van der Waals surface area contributed by atoms with E-state index < -0.39 is 9.84 Å². The number of rotatable bonds is 6. The Balaban J connectivity index is 1.56. The summed E-state index contributed by atoms with van der Waals surface area (Å²) in [7, 11) is -3.45. The summed E-state index contributed by atoms with van der Waals surface area (Å²) in [6.45, 7) is 5.40. The molecular formula is C23H24N4O4S. The highest BCUT2D eigenvalue weighted by molar-refractivity contribution is 7.91. The first-order valence-electron chi connectivity index (χ1n) is 10.3. The zero-order valence-corrected chi connectivity index (χ0v) is 18.9. The zero-order valence-electron chi connectivity index (χ0n) is 18.1. The lowest BCUT2D eigenvalue weighted by Crippen LogP contribution is -2.15. The molecule has 0 bridgehead atoms. The van der Waals surface area contributed by atoms with Gasteiger partial charge in [-0.2, -0.15) is 5.10 Å². The third kappa shape index (κ3) is 3.91. The lowest BCUT2D eigenvalue weighted by atomic mass is 10.1. The van der Waals surface area contributed by atoms with Crippen molar-refractivity contribution in [3.8, 4) is 5.75 Å². The number of benzene rings is 2. The largest absolute Gasteiger partial charge is 0.506 e. The van der Waals surface area contributed by atoms with E-state index in [1.165, 1.54) is 18.2 Å². The van der Waals surface area contributed by atoms with Crippen molar-refractivity contribution in [2.75, 3.05) is 11.1 Å². The van der Waals surface area contributed by atoms with Crippen molar-refractivity contribution in [1.29, 1.82) is 0 Å². The van der Waals surface area contributed by atoms with Gasteiger partial charge in [0.1, 0.15) is 5.75 Å². The number of phenols is 1. The first-order chi connectivity index (χ1) is 15.2. The van der Waals surface area contributed by atoms with E-state index >= 15 is 0 Å². The number of amides is 1. The van der Waals surface area contributed by atoms with Gasteiger partial charge in [-0.1, -0.05) is 19.1 Å². The molecule has 0 aliphatic heterocycles. The number of aromatic hydroxyl groups is 1. The topological polar surface area (TPSA) is 114 Å². The van der Waals surface area contributed by atoms with Gasteiger partial charge in [0.15, 0.2) is 15.5 Å². The predicted molar refractivity (Wildman–Crippen MR) is 123 cm³/mol. The number of aromatic nitrogens is 3. The molecule has 0 atom stereocenters. The van der Waals surface area contributed by atoms with E-state index in [0.29, 0.717) is 6.42 Å². The Kier molecular flexibility index (Phi) is 5.60. The molecular weight excluding hydrogens is 428 g/mol. The molecule has 0 saturated carbocycles. The number of carbonyl (C=O) groups is 1. The minimum Gasteiger partial charge on any atom is -0.506 e. The molecule has 2 N–H and O–H groups in total. The summed E-state index contributed by atoms with van der Waals surface area (Å²) < 4.78 is 26.0. The first-order valence-corrected chi connectivity index (χ1v) is 12.0. The Labute approximate surface area is 185 Å². The summed E-state index contributed by atoms with van der Waals surface area (Å²) in [5.74, 6) is -0.593. The average Bonchev–Trinajstić information content (AvgIpc) is 3.14. The summed E-state index contributed by atoms with van der Waals surface area (Å²) in [5, 5.41) is 18.3. The number of aryl methyl sites for hydroxylation is 2. The number of hydrogen-bond acceptors (Lipinski definition) is 6. The van der Waals surface area contributed by atoms with Crippen LogP contribution in [-0.4, -0.2) is 39.8 Å². The fourth-order valence-corrected chi connectivity index (χ4v) is 4.67. The van der Waals surface area contributed by atoms with E-state index in [0.717, 1.165) is 33.5 Å². The van der Waals surface area contributed by atoms with Crippen molar-refractivity contribution >= 4 is 38.0 Å². The number of sulfone groups is 1. The van der Waals surface area contributed by atoms with E-state index in [2.05, 4.69) is 10.4 Å². The van der Waals surface area contributed by atoms with Crippen LogP contribution in [-0.2, 0) is 21.1 Å². The van der Waals surface area contributed by atoms with Crippen LogP contribution >= 0.6 is 0 Å². The first kappa shape index (κ1) is 21.8. The molecule has 9 heteroatoms. The van der Waals surface area contributed by atoms with Crippen LogP contribution in [0, 0.1) is 13.8 Å². The highest BCUT2D eigenvalue weighted by atomic mass is 32.2. The summed E-state index contributed by atoms with van der Waals surface area (Å²) in [6.07, 6.45) is 0.566. The lowest BCUT2D eigenvalue weighted by Gasteiger charge is -2.12. The summed E-state index contributed by atoms with van der Waals surface area (Å²) >= 11 is 0. The average molecular weight is 453 g/mol. The van der Waals surface area contributed by atoms with Gasteiger partial charge in [0, 0.05) is 23.2 Å². The number of fused-ring (bicyclic) bond motifs is 3. The van der Waals surface area contributed by atoms with Crippen molar-refractivity contribution in [3.05, 3.63) is 59.4 Å². The molecule has 0 unspecified atom stereocenters. The molecule has 2 aromatic heterocycles. The van der Waals surface area contributed by atoms with Gasteiger partial charge in [-0.05, 0) is 56.2 Å². The third-order valence-electron chi connectivity index (χ3n) is 5.60. The highest BCUT2D eigenvalue weighted by Crippen LogP contribution is 2.28. The molecule has 2 heterocycles. The molecule has 0 spiro atoms. The molecule has 4 rings (SSSR count). The van der Waals surface area contributed by atoms with Gasteiger partial charge in [-0.3, -0.25) is 4.79 Å². The molecule has 0 radical (unpaired) electrons. The quantitative estimate of drug-likeness (QED) is 0.432. The highest BCUT2D eigenvalue weighted by Gasteiger charge is 2.17. The Bertz CT molecular complexity index is 1460. The Morgan fingerprint density at radius 2 is 1.91 bits per heavy atom. The van der Waals surface area contributed by atoms with Gasteiger partial charge in [-0.15, -0.1) is 0 Å². The second-order valence-corrected chi connectivity index (χ2v) is 9.92. The fourth-order valence-electron chi connectivity index (χ4n) is 3.76. The van der Waals surface area contributed by atoms with Crippen molar-refractivity contribution in [2.24, 2.45) is 0 Å². The van der Waals surface area contributed by atoms with E-state index in [4.69, 9.17) is 4.98 Å². The van der Waals surface area contributed by atoms with Crippen LogP contribution < -0.4 is 5.32 Å². The smallest absolute Gasteiger partial charge is 0.224 e. The van der Waals surface area contributed by atoms with Crippen molar-refractivity contribution in [3.63, 3.8) is 0 Å². The zero-order chi connectivity index (χ0) is 23.0. The monoisotopic (exact) mass is 452 g/mol. The van der Waals surface area contributed by atoms with E-state index in [1.807, 2.05) is 38.1 Å². The minimum absolute atomic E-state index is 0.0557. The van der Waals surface area contributed by atoms with Gasteiger partial charge in [-0.25, -0.2) is 17.9 Å².